The average molecular weight is 532 g/mol. The minimum absolute atomic E-state index is 0.262. The van der Waals surface area contributed by atoms with E-state index in [4.69, 9.17) is 21.3 Å². The summed E-state index contributed by atoms with van der Waals surface area (Å²) < 4.78 is 7.69. The highest BCUT2D eigenvalue weighted by molar-refractivity contribution is 6.33. The highest BCUT2D eigenvalue weighted by Gasteiger charge is 2.19. The molecule has 0 saturated carbocycles. The highest BCUT2D eigenvalue weighted by Crippen LogP contribution is 2.36. The van der Waals surface area contributed by atoms with Crippen molar-refractivity contribution < 1.29 is 9.53 Å². The maximum atomic E-state index is 11.7. The topological polar surface area (TPSA) is 87.6 Å². The van der Waals surface area contributed by atoms with Gasteiger partial charge in [-0.1, -0.05) is 24.2 Å². The van der Waals surface area contributed by atoms with Gasteiger partial charge in [0.25, 0.3) is 0 Å². The molecule has 0 unspecified atom stereocenters. The number of fused-ring (bicyclic) bond motifs is 1. The Hall–Kier alpha value is -4.08. The average Bonchev–Trinajstić information content (AvgIpc) is 3.25. The van der Waals surface area contributed by atoms with Crippen LogP contribution in [0.2, 0.25) is 5.02 Å². The molecular formula is C28H30ClN7O2. The Morgan fingerprint density at radius 1 is 1.11 bits per heavy atom. The van der Waals surface area contributed by atoms with Crippen molar-refractivity contribution in [2.75, 3.05) is 55.9 Å². The van der Waals surface area contributed by atoms with Crippen molar-refractivity contribution in [2.45, 2.75) is 0 Å². The largest absolute Gasteiger partial charge is 0.495 e. The summed E-state index contributed by atoms with van der Waals surface area (Å²) in [5, 5.41) is 7.48. The molecule has 9 nitrogen and oxygen atoms in total. The van der Waals surface area contributed by atoms with Crippen molar-refractivity contribution in [1.29, 1.82) is 0 Å². The number of carbonyl (C=O) groups is 1. The molecule has 38 heavy (non-hydrogen) atoms. The molecule has 0 radical (unpaired) electrons. The number of nitrogens with one attached hydrogen (secondary N) is 2. The minimum Gasteiger partial charge on any atom is -0.495 e. The number of halogens is 1. The van der Waals surface area contributed by atoms with Crippen LogP contribution >= 0.6 is 11.6 Å². The number of anilines is 4. The van der Waals surface area contributed by atoms with Crippen molar-refractivity contribution in [3.05, 3.63) is 66.5 Å². The van der Waals surface area contributed by atoms with E-state index in [9.17, 15) is 4.79 Å². The van der Waals surface area contributed by atoms with Crippen LogP contribution in [0.25, 0.3) is 22.2 Å². The van der Waals surface area contributed by atoms with Gasteiger partial charge < -0.3 is 29.7 Å². The SMILES string of the molecule is C=CC(=O)Nc1ccc2c(-c3nc(Nc4ccc(N5CCN(C)CC5)c(OC)c4)ncc3Cl)cn(C)c2c1. The maximum absolute atomic E-state index is 11.7. The molecule has 0 atom stereocenters. The zero-order valence-electron chi connectivity index (χ0n) is 21.7. The molecule has 1 aliphatic heterocycles. The Bertz CT molecular complexity index is 1510. The lowest BCUT2D eigenvalue weighted by atomic mass is 10.1. The van der Waals surface area contributed by atoms with Crippen molar-refractivity contribution in [3.8, 4) is 17.0 Å². The molecule has 2 aromatic carbocycles. The third-order valence-corrected chi connectivity index (χ3v) is 7.00. The lowest BCUT2D eigenvalue weighted by Crippen LogP contribution is -2.44. The molecule has 2 aromatic heterocycles. The summed E-state index contributed by atoms with van der Waals surface area (Å²) in [6.45, 7) is 7.45. The van der Waals surface area contributed by atoms with Crippen LogP contribution in [0.3, 0.4) is 0 Å². The summed E-state index contributed by atoms with van der Waals surface area (Å²) in [5.74, 6) is 0.953. The molecule has 10 heteroatoms. The number of aryl methyl sites for hydroxylation is 1. The van der Waals surface area contributed by atoms with Gasteiger partial charge in [-0.05, 0) is 37.4 Å². The smallest absolute Gasteiger partial charge is 0.247 e. The first-order valence-corrected chi connectivity index (χ1v) is 12.7. The molecule has 3 heterocycles. The molecule has 0 aliphatic carbocycles. The predicted octanol–water partition coefficient (Wildman–Crippen LogP) is 4.92. The van der Waals surface area contributed by atoms with Gasteiger partial charge >= 0.3 is 0 Å². The molecule has 1 amide bonds. The van der Waals surface area contributed by atoms with E-state index < -0.39 is 0 Å². The number of likely N-dealkylation sites (N-methyl/N-ethyl adjacent to an activating group) is 1. The van der Waals surface area contributed by atoms with Crippen LogP contribution in [0.15, 0.2) is 61.4 Å². The number of carbonyl (C=O) groups excluding carboxylic acids is 1. The van der Waals surface area contributed by atoms with Crippen molar-refractivity contribution >= 4 is 51.4 Å². The van der Waals surface area contributed by atoms with Gasteiger partial charge in [-0.2, -0.15) is 0 Å². The number of nitrogens with zero attached hydrogens (tertiary/aromatic N) is 5. The molecule has 0 bridgehead atoms. The van der Waals surface area contributed by atoms with E-state index in [1.54, 1.807) is 13.3 Å². The van der Waals surface area contributed by atoms with Gasteiger partial charge in [-0.3, -0.25) is 4.79 Å². The fourth-order valence-corrected chi connectivity index (χ4v) is 4.85. The zero-order chi connectivity index (χ0) is 26.8. The summed E-state index contributed by atoms with van der Waals surface area (Å²) in [6, 6.07) is 11.7. The number of hydrogen-bond acceptors (Lipinski definition) is 7. The van der Waals surface area contributed by atoms with Crippen molar-refractivity contribution in [1.82, 2.24) is 19.4 Å². The molecule has 4 aromatic rings. The van der Waals surface area contributed by atoms with Gasteiger partial charge in [0.1, 0.15) is 5.75 Å². The van der Waals surface area contributed by atoms with Crippen molar-refractivity contribution in [3.63, 3.8) is 0 Å². The summed E-state index contributed by atoms with van der Waals surface area (Å²) in [4.78, 5) is 25.5. The first kappa shape index (κ1) is 25.6. The molecule has 196 valence electrons. The molecule has 1 aliphatic rings. The van der Waals surface area contributed by atoms with E-state index >= 15 is 0 Å². The van der Waals surface area contributed by atoms with Crippen molar-refractivity contribution in [2.24, 2.45) is 7.05 Å². The van der Waals surface area contributed by atoms with E-state index in [-0.39, 0.29) is 5.91 Å². The lowest BCUT2D eigenvalue weighted by Gasteiger charge is -2.34. The third-order valence-electron chi connectivity index (χ3n) is 6.72. The maximum Gasteiger partial charge on any atom is 0.247 e. The Morgan fingerprint density at radius 2 is 1.87 bits per heavy atom. The molecule has 2 N–H and O–H groups in total. The Balaban J connectivity index is 1.43. The van der Waals surface area contributed by atoms with Crippen LogP contribution in [0.1, 0.15) is 0 Å². The van der Waals surface area contributed by atoms with Crippen LogP contribution in [0, 0.1) is 0 Å². The quantitative estimate of drug-likeness (QED) is 0.327. The fraction of sp³-hybridized carbons (Fsp3) is 0.250. The number of aromatic nitrogens is 3. The van der Waals surface area contributed by atoms with Crippen LogP contribution in [0.5, 0.6) is 5.75 Å². The third kappa shape index (κ3) is 5.16. The Kier molecular flexibility index (Phi) is 7.22. The first-order chi connectivity index (χ1) is 18.4. The number of rotatable bonds is 7. The second kappa shape index (κ2) is 10.7. The van der Waals surface area contributed by atoms with E-state index in [0.29, 0.717) is 22.4 Å². The van der Waals surface area contributed by atoms with Crippen LogP contribution < -0.4 is 20.3 Å². The number of piperazine rings is 1. The molecule has 5 rings (SSSR count). The second-order valence-corrected chi connectivity index (χ2v) is 9.68. The van der Waals surface area contributed by atoms with Gasteiger partial charge in [-0.25, -0.2) is 9.97 Å². The number of ether oxygens (including phenoxy) is 1. The molecule has 0 spiro atoms. The monoisotopic (exact) mass is 531 g/mol. The van der Waals surface area contributed by atoms with Crippen LogP contribution in [-0.4, -0.2) is 65.7 Å². The highest BCUT2D eigenvalue weighted by atomic mass is 35.5. The standard InChI is InChI=1S/C28H30ClN7O2/c1-5-26(37)31-18-6-8-20-21(17-35(3)24(20)14-18)27-22(29)16-30-28(33-27)32-19-7-9-23(25(15-19)38-4)36-12-10-34(2)11-13-36/h5-9,14-17H,1,10-13H2,2-4H3,(H,31,37)(H,30,32,33). The second-order valence-electron chi connectivity index (χ2n) is 9.27. The van der Waals surface area contributed by atoms with Gasteiger partial charge in [0.05, 0.1) is 35.2 Å². The van der Waals surface area contributed by atoms with E-state index in [1.165, 1.54) is 6.08 Å². The minimum atomic E-state index is -0.262. The van der Waals surface area contributed by atoms with Crippen LogP contribution in [-0.2, 0) is 11.8 Å². The summed E-state index contributed by atoms with van der Waals surface area (Å²) in [7, 11) is 5.76. The van der Waals surface area contributed by atoms with E-state index in [1.807, 2.05) is 48.1 Å². The van der Waals surface area contributed by atoms with Crippen LogP contribution in [0.4, 0.5) is 23.0 Å². The summed E-state index contributed by atoms with van der Waals surface area (Å²) >= 11 is 6.57. The van der Waals surface area contributed by atoms with Gasteiger partial charge in [0.2, 0.25) is 11.9 Å². The van der Waals surface area contributed by atoms with E-state index in [0.717, 1.165) is 59.8 Å². The Morgan fingerprint density at radius 3 is 2.61 bits per heavy atom. The lowest BCUT2D eigenvalue weighted by molar-refractivity contribution is -0.111. The van der Waals surface area contributed by atoms with Gasteiger partial charge in [0, 0.05) is 67.8 Å². The summed E-state index contributed by atoms with van der Waals surface area (Å²) in [5.41, 5.74) is 4.97. The number of benzene rings is 2. The normalized spacial score (nSPS) is 13.9. The number of hydrogen-bond donors (Lipinski definition) is 2. The van der Waals surface area contributed by atoms with E-state index in [2.05, 4.69) is 45.1 Å². The number of amides is 1. The molecule has 1 fully saturated rings. The van der Waals surface area contributed by atoms with Gasteiger partial charge in [-0.15, -0.1) is 0 Å². The molecule has 1 saturated heterocycles. The number of methoxy groups -OCH3 is 1. The zero-order valence-corrected chi connectivity index (χ0v) is 22.4. The Labute approximate surface area is 226 Å². The van der Waals surface area contributed by atoms with Gasteiger partial charge in [0.15, 0.2) is 0 Å². The fourth-order valence-electron chi connectivity index (χ4n) is 4.65. The summed E-state index contributed by atoms with van der Waals surface area (Å²) in [6.07, 6.45) is 4.81. The first-order valence-electron chi connectivity index (χ1n) is 12.3. The predicted molar refractivity (Wildman–Crippen MR) is 154 cm³/mol. The molecular weight excluding hydrogens is 502 g/mol.